The number of hydrogen-bond acceptors (Lipinski definition) is 5. The van der Waals surface area contributed by atoms with Gasteiger partial charge in [0.1, 0.15) is 5.82 Å². The average Bonchev–Trinajstić information content (AvgIpc) is 2.57. The Morgan fingerprint density at radius 1 is 1.00 bits per heavy atom. The van der Waals surface area contributed by atoms with Crippen molar-refractivity contribution in [3.05, 3.63) is 36.4 Å². The standard InChI is InChI=1S/C18H27N5/c1-4-11-19-17-14-16(15-9-6-5-7-10-15)21-18(22-17)20-12-8-13-23(2)3/h5-7,9-10,14H,4,8,11-13H2,1-3H3,(H2,19,20,21,22). The van der Waals surface area contributed by atoms with Crippen molar-refractivity contribution >= 4 is 11.8 Å². The number of nitrogens with zero attached hydrogens (tertiary/aromatic N) is 3. The Bertz CT molecular complexity index is 583. The topological polar surface area (TPSA) is 53.1 Å². The zero-order valence-corrected chi connectivity index (χ0v) is 14.3. The maximum atomic E-state index is 4.65. The van der Waals surface area contributed by atoms with Crippen LogP contribution in [0.3, 0.4) is 0 Å². The van der Waals surface area contributed by atoms with Gasteiger partial charge in [0.25, 0.3) is 0 Å². The molecule has 1 aromatic carbocycles. The fourth-order valence-electron chi connectivity index (χ4n) is 2.22. The highest BCUT2D eigenvalue weighted by Gasteiger charge is 2.06. The first-order chi connectivity index (χ1) is 11.2. The molecular formula is C18H27N5. The van der Waals surface area contributed by atoms with Crippen molar-refractivity contribution in [2.24, 2.45) is 0 Å². The van der Waals surface area contributed by atoms with E-state index in [0.29, 0.717) is 5.95 Å². The Balaban J connectivity index is 2.13. The van der Waals surface area contributed by atoms with Crippen LogP contribution < -0.4 is 10.6 Å². The molecule has 5 nitrogen and oxygen atoms in total. The predicted octanol–water partition coefficient (Wildman–Crippen LogP) is 3.33. The fraction of sp³-hybridized carbons (Fsp3) is 0.444. The molecule has 2 N–H and O–H groups in total. The monoisotopic (exact) mass is 313 g/mol. The van der Waals surface area contributed by atoms with Gasteiger partial charge in [0.05, 0.1) is 5.69 Å². The number of aromatic nitrogens is 2. The van der Waals surface area contributed by atoms with E-state index in [0.717, 1.165) is 49.6 Å². The van der Waals surface area contributed by atoms with Gasteiger partial charge in [-0.3, -0.25) is 0 Å². The third kappa shape index (κ3) is 5.87. The molecule has 124 valence electrons. The highest BCUT2D eigenvalue weighted by molar-refractivity contribution is 5.64. The van der Waals surface area contributed by atoms with Gasteiger partial charge in [-0.2, -0.15) is 4.98 Å². The summed E-state index contributed by atoms with van der Waals surface area (Å²) in [6.45, 7) is 4.97. The number of nitrogens with one attached hydrogen (secondary N) is 2. The van der Waals surface area contributed by atoms with Gasteiger partial charge < -0.3 is 15.5 Å². The third-order valence-electron chi connectivity index (χ3n) is 3.42. The molecule has 0 aliphatic rings. The fourth-order valence-corrected chi connectivity index (χ4v) is 2.22. The van der Waals surface area contributed by atoms with Gasteiger partial charge in [-0.1, -0.05) is 37.3 Å². The molecule has 0 unspecified atom stereocenters. The largest absolute Gasteiger partial charge is 0.370 e. The summed E-state index contributed by atoms with van der Waals surface area (Å²) >= 11 is 0. The van der Waals surface area contributed by atoms with Crippen molar-refractivity contribution in [1.82, 2.24) is 14.9 Å². The van der Waals surface area contributed by atoms with Crippen molar-refractivity contribution in [1.29, 1.82) is 0 Å². The Kier molecular flexibility index (Phi) is 6.81. The van der Waals surface area contributed by atoms with E-state index in [2.05, 4.69) is 58.7 Å². The molecular weight excluding hydrogens is 286 g/mol. The van der Waals surface area contributed by atoms with Crippen LogP contribution in [-0.2, 0) is 0 Å². The SMILES string of the molecule is CCCNc1cc(-c2ccccc2)nc(NCCCN(C)C)n1. The minimum atomic E-state index is 0.684. The molecule has 0 saturated carbocycles. The number of hydrogen-bond donors (Lipinski definition) is 2. The molecule has 1 heterocycles. The summed E-state index contributed by atoms with van der Waals surface area (Å²) in [5, 5.41) is 6.69. The molecule has 2 rings (SSSR count). The second-order valence-electron chi connectivity index (χ2n) is 5.84. The molecule has 1 aromatic heterocycles. The van der Waals surface area contributed by atoms with Crippen LogP contribution in [0.15, 0.2) is 36.4 Å². The van der Waals surface area contributed by atoms with Crippen molar-refractivity contribution in [3.63, 3.8) is 0 Å². The van der Waals surface area contributed by atoms with E-state index in [1.807, 2.05) is 24.3 Å². The van der Waals surface area contributed by atoms with Crippen molar-refractivity contribution in [3.8, 4) is 11.3 Å². The maximum absolute atomic E-state index is 4.65. The predicted molar refractivity (Wildman–Crippen MR) is 97.9 cm³/mol. The lowest BCUT2D eigenvalue weighted by atomic mass is 10.1. The molecule has 0 amide bonds. The number of rotatable bonds is 9. The normalized spacial score (nSPS) is 10.8. The molecule has 0 bridgehead atoms. The van der Waals surface area contributed by atoms with E-state index >= 15 is 0 Å². The first-order valence-electron chi connectivity index (χ1n) is 8.26. The third-order valence-corrected chi connectivity index (χ3v) is 3.42. The van der Waals surface area contributed by atoms with Crippen LogP contribution in [0.25, 0.3) is 11.3 Å². The summed E-state index contributed by atoms with van der Waals surface area (Å²) in [5.74, 6) is 1.56. The first-order valence-corrected chi connectivity index (χ1v) is 8.26. The van der Waals surface area contributed by atoms with E-state index in [4.69, 9.17) is 0 Å². The van der Waals surface area contributed by atoms with Crippen molar-refractivity contribution < 1.29 is 0 Å². The van der Waals surface area contributed by atoms with Crippen LogP contribution in [-0.4, -0.2) is 48.6 Å². The zero-order chi connectivity index (χ0) is 16.5. The van der Waals surface area contributed by atoms with Gasteiger partial charge >= 0.3 is 0 Å². The van der Waals surface area contributed by atoms with Crippen LogP contribution >= 0.6 is 0 Å². The summed E-state index contributed by atoms with van der Waals surface area (Å²) in [5.41, 5.74) is 2.04. The maximum Gasteiger partial charge on any atom is 0.225 e. The van der Waals surface area contributed by atoms with E-state index in [9.17, 15) is 0 Å². The molecule has 0 aliphatic carbocycles. The molecule has 0 spiro atoms. The van der Waals surface area contributed by atoms with Gasteiger partial charge in [0.2, 0.25) is 5.95 Å². The van der Waals surface area contributed by atoms with Crippen LogP contribution in [0.2, 0.25) is 0 Å². The van der Waals surface area contributed by atoms with Crippen LogP contribution in [0.1, 0.15) is 19.8 Å². The Morgan fingerprint density at radius 3 is 2.48 bits per heavy atom. The summed E-state index contributed by atoms with van der Waals surface area (Å²) < 4.78 is 0. The van der Waals surface area contributed by atoms with Crippen LogP contribution in [0, 0.1) is 0 Å². The minimum absolute atomic E-state index is 0.684. The lowest BCUT2D eigenvalue weighted by Crippen LogP contribution is -2.17. The molecule has 0 saturated heterocycles. The Hall–Kier alpha value is -2.14. The van der Waals surface area contributed by atoms with E-state index in [1.165, 1.54) is 0 Å². The quantitative estimate of drug-likeness (QED) is 0.696. The summed E-state index contributed by atoms with van der Waals surface area (Å²) in [6, 6.07) is 12.2. The van der Waals surface area contributed by atoms with Gasteiger partial charge in [-0.15, -0.1) is 0 Å². The average molecular weight is 313 g/mol. The smallest absolute Gasteiger partial charge is 0.225 e. The van der Waals surface area contributed by atoms with Crippen molar-refractivity contribution in [2.45, 2.75) is 19.8 Å². The highest BCUT2D eigenvalue weighted by Crippen LogP contribution is 2.21. The van der Waals surface area contributed by atoms with Crippen LogP contribution in [0.4, 0.5) is 11.8 Å². The number of anilines is 2. The highest BCUT2D eigenvalue weighted by atomic mass is 15.1. The van der Waals surface area contributed by atoms with Crippen molar-refractivity contribution in [2.75, 3.05) is 44.4 Å². The lowest BCUT2D eigenvalue weighted by molar-refractivity contribution is 0.405. The van der Waals surface area contributed by atoms with Crippen LogP contribution in [0.5, 0.6) is 0 Å². The lowest BCUT2D eigenvalue weighted by Gasteiger charge is -2.12. The summed E-state index contributed by atoms with van der Waals surface area (Å²) in [4.78, 5) is 11.4. The summed E-state index contributed by atoms with van der Waals surface area (Å²) in [7, 11) is 4.17. The van der Waals surface area contributed by atoms with E-state index < -0.39 is 0 Å². The number of benzene rings is 1. The second kappa shape index (κ2) is 9.10. The molecule has 0 radical (unpaired) electrons. The Morgan fingerprint density at radius 2 is 1.78 bits per heavy atom. The zero-order valence-electron chi connectivity index (χ0n) is 14.3. The molecule has 0 fully saturated rings. The van der Waals surface area contributed by atoms with Gasteiger partial charge in [0.15, 0.2) is 0 Å². The van der Waals surface area contributed by atoms with Gasteiger partial charge in [-0.05, 0) is 33.5 Å². The van der Waals surface area contributed by atoms with Gasteiger partial charge in [0, 0.05) is 24.7 Å². The summed E-state index contributed by atoms with van der Waals surface area (Å²) in [6.07, 6.45) is 2.12. The molecule has 5 heteroatoms. The molecule has 0 atom stereocenters. The van der Waals surface area contributed by atoms with E-state index in [-0.39, 0.29) is 0 Å². The Labute approximate surface area is 139 Å². The van der Waals surface area contributed by atoms with E-state index in [1.54, 1.807) is 0 Å². The first kappa shape index (κ1) is 17.2. The molecule has 0 aliphatic heterocycles. The van der Waals surface area contributed by atoms with Gasteiger partial charge in [-0.25, -0.2) is 4.98 Å². The minimum Gasteiger partial charge on any atom is -0.370 e. The molecule has 2 aromatic rings. The molecule has 23 heavy (non-hydrogen) atoms. The second-order valence-corrected chi connectivity index (χ2v) is 5.84.